The van der Waals surface area contributed by atoms with Gasteiger partial charge < -0.3 is 5.11 Å². The number of fused-ring (bicyclic) bond motifs is 1. The summed E-state index contributed by atoms with van der Waals surface area (Å²) in [5, 5.41) is 10.5. The van der Waals surface area contributed by atoms with Crippen LogP contribution >= 0.6 is 0 Å². The van der Waals surface area contributed by atoms with Crippen molar-refractivity contribution in [3.8, 4) is 0 Å². The summed E-state index contributed by atoms with van der Waals surface area (Å²) in [6.07, 6.45) is 4.66. The molecule has 1 N–H and O–H groups in total. The molecule has 1 aliphatic carbocycles. The third-order valence-electron chi connectivity index (χ3n) is 4.76. The summed E-state index contributed by atoms with van der Waals surface area (Å²) in [4.78, 5) is 2.53. The summed E-state index contributed by atoms with van der Waals surface area (Å²) in [6, 6.07) is 8.69. The molecule has 2 nitrogen and oxygen atoms in total. The van der Waals surface area contributed by atoms with Crippen LogP contribution in [0.1, 0.15) is 43.4 Å². The second-order valence-electron chi connectivity index (χ2n) is 5.83. The van der Waals surface area contributed by atoms with Gasteiger partial charge in [0.25, 0.3) is 0 Å². The van der Waals surface area contributed by atoms with E-state index in [1.807, 2.05) is 6.07 Å². The molecule has 1 heterocycles. The summed E-state index contributed by atoms with van der Waals surface area (Å²) < 4.78 is 0. The Hall–Kier alpha value is -0.860. The average Bonchev–Trinajstić information content (AvgIpc) is 2.77. The van der Waals surface area contributed by atoms with Crippen LogP contribution in [0.25, 0.3) is 0 Å². The van der Waals surface area contributed by atoms with Crippen molar-refractivity contribution in [2.45, 2.75) is 44.8 Å². The van der Waals surface area contributed by atoms with Crippen LogP contribution in [-0.2, 0) is 6.42 Å². The summed E-state index contributed by atoms with van der Waals surface area (Å²) in [5.74, 6) is 0.828. The predicted octanol–water partition coefficient (Wildman–Crippen LogP) is 2.77. The zero-order valence-electron chi connectivity index (χ0n) is 11.2. The molecule has 3 unspecified atom stereocenters. The first kappa shape index (κ1) is 12.2. The fraction of sp³-hybridized carbons (Fsp3) is 0.625. The molecule has 0 radical (unpaired) electrons. The number of hydrogen-bond donors (Lipinski definition) is 1. The molecule has 1 aromatic carbocycles. The Morgan fingerprint density at radius 1 is 1.33 bits per heavy atom. The Bertz CT molecular complexity index is 417. The molecule has 2 heteroatoms. The van der Waals surface area contributed by atoms with E-state index in [1.54, 1.807) is 0 Å². The lowest BCUT2D eigenvalue weighted by atomic mass is 9.93. The van der Waals surface area contributed by atoms with E-state index in [9.17, 15) is 5.11 Å². The van der Waals surface area contributed by atoms with E-state index in [4.69, 9.17) is 0 Å². The summed E-state index contributed by atoms with van der Waals surface area (Å²) in [7, 11) is 0. The number of nitrogens with zero attached hydrogens (tertiary/aromatic N) is 1. The van der Waals surface area contributed by atoms with Crippen molar-refractivity contribution in [1.29, 1.82) is 0 Å². The van der Waals surface area contributed by atoms with Crippen LogP contribution in [0, 0.1) is 5.92 Å². The molecule has 1 aliphatic heterocycles. The van der Waals surface area contributed by atoms with Crippen molar-refractivity contribution in [1.82, 2.24) is 4.90 Å². The van der Waals surface area contributed by atoms with Crippen LogP contribution in [0.2, 0.25) is 0 Å². The van der Waals surface area contributed by atoms with Crippen LogP contribution in [-0.4, -0.2) is 29.1 Å². The largest absolute Gasteiger partial charge is 0.387 e. The summed E-state index contributed by atoms with van der Waals surface area (Å²) in [5.41, 5.74) is 2.50. The Morgan fingerprint density at radius 2 is 2.17 bits per heavy atom. The highest BCUT2D eigenvalue weighted by Crippen LogP contribution is 2.36. The molecular weight excluding hydrogens is 222 g/mol. The molecule has 98 valence electrons. The first-order chi connectivity index (χ1) is 8.79. The third-order valence-corrected chi connectivity index (χ3v) is 4.76. The highest BCUT2D eigenvalue weighted by Gasteiger charge is 2.36. The minimum absolute atomic E-state index is 0.281. The number of hydrogen-bond acceptors (Lipinski definition) is 2. The highest BCUT2D eigenvalue weighted by atomic mass is 16.3. The van der Waals surface area contributed by atoms with E-state index in [1.165, 1.54) is 31.4 Å². The number of aliphatic hydroxyl groups excluding tert-OH is 1. The fourth-order valence-electron chi connectivity index (χ4n) is 3.61. The SMILES string of the molecule is CCC1CCCN(C2Cc3ccccc3C2O)C1. The van der Waals surface area contributed by atoms with Gasteiger partial charge in [0.05, 0.1) is 6.10 Å². The van der Waals surface area contributed by atoms with Crippen LogP contribution in [0.5, 0.6) is 0 Å². The quantitative estimate of drug-likeness (QED) is 0.866. The second-order valence-corrected chi connectivity index (χ2v) is 5.83. The topological polar surface area (TPSA) is 23.5 Å². The molecule has 2 aliphatic rings. The van der Waals surface area contributed by atoms with Crippen molar-refractivity contribution in [3.05, 3.63) is 35.4 Å². The molecular formula is C16H23NO. The van der Waals surface area contributed by atoms with Crippen molar-refractivity contribution >= 4 is 0 Å². The fourth-order valence-corrected chi connectivity index (χ4v) is 3.61. The van der Waals surface area contributed by atoms with Gasteiger partial charge in [0, 0.05) is 12.6 Å². The summed E-state index contributed by atoms with van der Waals surface area (Å²) >= 11 is 0. The van der Waals surface area contributed by atoms with E-state index >= 15 is 0 Å². The number of rotatable bonds is 2. The van der Waals surface area contributed by atoms with Gasteiger partial charge in [-0.1, -0.05) is 37.6 Å². The minimum atomic E-state index is -0.281. The second kappa shape index (κ2) is 5.02. The van der Waals surface area contributed by atoms with Crippen molar-refractivity contribution < 1.29 is 5.11 Å². The molecule has 0 bridgehead atoms. The molecule has 0 amide bonds. The van der Waals surface area contributed by atoms with Gasteiger partial charge >= 0.3 is 0 Å². The maximum Gasteiger partial charge on any atom is 0.0951 e. The normalized spacial score (nSPS) is 32.4. The van der Waals surface area contributed by atoms with Gasteiger partial charge in [-0.05, 0) is 42.9 Å². The highest BCUT2D eigenvalue weighted by molar-refractivity contribution is 5.35. The lowest BCUT2D eigenvalue weighted by Crippen LogP contribution is -2.44. The lowest BCUT2D eigenvalue weighted by Gasteiger charge is -2.37. The minimum Gasteiger partial charge on any atom is -0.387 e. The van der Waals surface area contributed by atoms with Gasteiger partial charge in [-0.15, -0.1) is 0 Å². The van der Waals surface area contributed by atoms with Crippen molar-refractivity contribution in [3.63, 3.8) is 0 Å². The first-order valence-electron chi connectivity index (χ1n) is 7.29. The molecule has 0 aromatic heterocycles. The molecule has 0 saturated carbocycles. The van der Waals surface area contributed by atoms with Crippen LogP contribution in [0.4, 0.5) is 0 Å². The van der Waals surface area contributed by atoms with E-state index in [0.29, 0.717) is 6.04 Å². The number of benzene rings is 1. The van der Waals surface area contributed by atoms with E-state index in [-0.39, 0.29) is 6.10 Å². The van der Waals surface area contributed by atoms with Crippen molar-refractivity contribution in [2.24, 2.45) is 5.92 Å². The Morgan fingerprint density at radius 3 is 2.94 bits per heavy atom. The van der Waals surface area contributed by atoms with Gasteiger partial charge in [-0.3, -0.25) is 4.90 Å². The monoisotopic (exact) mass is 245 g/mol. The molecule has 1 fully saturated rings. The van der Waals surface area contributed by atoms with Crippen LogP contribution in [0.3, 0.4) is 0 Å². The molecule has 3 atom stereocenters. The maximum absolute atomic E-state index is 10.5. The smallest absolute Gasteiger partial charge is 0.0951 e. The zero-order valence-corrected chi connectivity index (χ0v) is 11.2. The number of likely N-dealkylation sites (tertiary alicyclic amines) is 1. The van der Waals surface area contributed by atoms with Gasteiger partial charge in [-0.2, -0.15) is 0 Å². The van der Waals surface area contributed by atoms with E-state index in [0.717, 1.165) is 24.4 Å². The van der Waals surface area contributed by atoms with Crippen LogP contribution in [0.15, 0.2) is 24.3 Å². The summed E-state index contributed by atoms with van der Waals surface area (Å²) in [6.45, 7) is 4.62. The van der Waals surface area contributed by atoms with E-state index < -0.39 is 0 Å². The molecule has 1 saturated heterocycles. The molecule has 3 rings (SSSR count). The first-order valence-corrected chi connectivity index (χ1v) is 7.29. The number of piperidine rings is 1. The van der Waals surface area contributed by atoms with Gasteiger partial charge in [0.2, 0.25) is 0 Å². The lowest BCUT2D eigenvalue weighted by molar-refractivity contribution is 0.0338. The van der Waals surface area contributed by atoms with E-state index in [2.05, 4.69) is 30.0 Å². The zero-order chi connectivity index (χ0) is 12.5. The van der Waals surface area contributed by atoms with Crippen LogP contribution < -0.4 is 0 Å². The Labute approximate surface area is 110 Å². The van der Waals surface area contributed by atoms with Gasteiger partial charge in [0.1, 0.15) is 0 Å². The standard InChI is InChI=1S/C16H23NO/c1-2-12-6-5-9-17(11-12)15-10-13-7-3-4-8-14(13)16(15)18/h3-4,7-8,12,15-16,18H,2,5-6,9-11H2,1H3. The van der Waals surface area contributed by atoms with Gasteiger partial charge in [-0.25, -0.2) is 0 Å². The average molecular weight is 245 g/mol. The van der Waals surface area contributed by atoms with Crippen molar-refractivity contribution in [2.75, 3.05) is 13.1 Å². The predicted molar refractivity (Wildman–Crippen MR) is 73.5 cm³/mol. The maximum atomic E-state index is 10.5. The molecule has 18 heavy (non-hydrogen) atoms. The van der Waals surface area contributed by atoms with Gasteiger partial charge in [0.15, 0.2) is 0 Å². The molecule has 1 aromatic rings. The Kier molecular flexibility index (Phi) is 3.40. The Balaban J connectivity index is 1.75. The third kappa shape index (κ3) is 2.08. The molecule has 0 spiro atoms. The number of aliphatic hydroxyl groups is 1.